The average Bonchev–Trinajstić information content (AvgIpc) is 2.24. The van der Waals surface area contributed by atoms with Gasteiger partial charge in [-0.3, -0.25) is 0 Å². The van der Waals surface area contributed by atoms with E-state index in [2.05, 4.69) is 17.0 Å². The summed E-state index contributed by atoms with van der Waals surface area (Å²) in [6, 6.07) is 0. The highest BCUT2D eigenvalue weighted by Crippen LogP contribution is 2.18. The van der Waals surface area contributed by atoms with Gasteiger partial charge in [0.05, 0.1) is 6.54 Å². The van der Waals surface area contributed by atoms with Gasteiger partial charge in [-0.25, -0.2) is 0 Å². The highest BCUT2D eigenvalue weighted by atomic mass is 16.3. The molecule has 0 N–H and O–H groups in total. The van der Waals surface area contributed by atoms with E-state index in [9.17, 15) is 4.91 Å². The van der Waals surface area contributed by atoms with Crippen LogP contribution in [0, 0.1) is 22.7 Å². The minimum absolute atomic E-state index is 0.515. The van der Waals surface area contributed by atoms with Crippen molar-refractivity contribution in [3.05, 3.63) is 4.91 Å². The molecule has 0 amide bonds. The van der Waals surface area contributed by atoms with Crippen LogP contribution in [0.3, 0.4) is 0 Å². The van der Waals surface area contributed by atoms with Crippen LogP contribution in [0.4, 0.5) is 0 Å². The van der Waals surface area contributed by atoms with Gasteiger partial charge in [0.15, 0.2) is 0 Å². The summed E-state index contributed by atoms with van der Waals surface area (Å²) in [5, 5.41) is 3.03. The molecular weight excluding hydrogens is 174 g/mol. The van der Waals surface area contributed by atoms with Crippen LogP contribution in [0.25, 0.3) is 0 Å². The largest absolute Gasteiger partial charge is 0.151 e. The van der Waals surface area contributed by atoms with Crippen LogP contribution < -0.4 is 0 Å². The molecule has 0 saturated carbocycles. The summed E-state index contributed by atoms with van der Waals surface area (Å²) in [5.74, 6) is 6.92. The lowest BCUT2D eigenvalue weighted by Gasteiger charge is -2.11. The standard InChI is InChI=1S/C12H19NO/c14-13-11-12-9-7-5-3-1-2-4-6-8-10-12/h12H,3-11H2. The lowest BCUT2D eigenvalue weighted by molar-refractivity contribution is 0.424. The van der Waals surface area contributed by atoms with Gasteiger partial charge in [0.2, 0.25) is 0 Å². The second-order valence-corrected chi connectivity index (χ2v) is 4.02. The van der Waals surface area contributed by atoms with E-state index in [1.807, 2.05) is 0 Å². The summed E-state index contributed by atoms with van der Waals surface area (Å²) in [6.45, 7) is 0.515. The van der Waals surface area contributed by atoms with Gasteiger partial charge in [-0.05, 0) is 31.6 Å². The Morgan fingerprint density at radius 2 is 1.57 bits per heavy atom. The maximum Gasteiger partial charge on any atom is 0.0839 e. The molecule has 0 radical (unpaired) electrons. The molecule has 0 fully saturated rings. The van der Waals surface area contributed by atoms with Gasteiger partial charge in [0.25, 0.3) is 0 Å². The topological polar surface area (TPSA) is 29.4 Å². The number of rotatable bonds is 2. The zero-order chi connectivity index (χ0) is 10.1. The Bertz CT molecular complexity index is 198. The van der Waals surface area contributed by atoms with Gasteiger partial charge in [0, 0.05) is 12.8 Å². The normalized spacial score (nSPS) is 20.3. The fraction of sp³-hybridized carbons (Fsp3) is 0.833. The van der Waals surface area contributed by atoms with Crippen LogP contribution in [0.5, 0.6) is 0 Å². The molecular formula is C12H19NO. The molecule has 0 unspecified atom stereocenters. The van der Waals surface area contributed by atoms with Crippen LogP contribution in [0.15, 0.2) is 5.18 Å². The van der Waals surface area contributed by atoms with E-state index in [0.717, 1.165) is 25.7 Å². The van der Waals surface area contributed by atoms with Crippen molar-refractivity contribution in [1.29, 1.82) is 0 Å². The average molecular weight is 193 g/mol. The number of hydrogen-bond acceptors (Lipinski definition) is 2. The van der Waals surface area contributed by atoms with E-state index in [1.54, 1.807) is 0 Å². The lowest BCUT2D eigenvalue weighted by Crippen LogP contribution is -2.04. The Kier molecular flexibility index (Phi) is 6.06. The van der Waals surface area contributed by atoms with E-state index >= 15 is 0 Å². The number of nitrogens with zero attached hydrogens (tertiary/aromatic N) is 1. The van der Waals surface area contributed by atoms with Crippen LogP contribution in [-0.4, -0.2) is 6.54 Å². The Morgan fingerprint density at radius 3 is 2.07 bits per heavy atom. The first-order chi connectivity index (χ1) is 6.93. The predicted octanol–water partition coefficient (Wildman–Crippen LogP) is 3.51. The maximum absolute atomic E-state index is 10.2. The van der Waals surface area contributed by atoms with Crippen LogP contribution in [-0.2, 0) is 0 Å². The molecule has 0 aromatic heterocycles. The van der Waals surface area contributed by atoms with E-state index in [1.165, 1.54) is 25.7 Å². The summed E-state index contributed by atoms with van der Waals surface area (Å²) in [6.07, 6.45) is 9.15. The van der Waals surface area contributed by atoms with Crippen molar-refractivity contribution in [2.45, 2.75) is 51.4 Å². The smallest absolute Gasteiger partial charge is 0.0839 e. The zero-order valence-electron chi connectivity index (χ0n) is 8.80. The molecule has 14 heavy (non-hydrogen) atoms. The molecule has 0 aromatic carbocycles. The first-order valence-electron chi connectivity index (χ1n) is 5.68. The van der Waals surface area contributed by atoms with E-state index in [-0.39, 0.29) is 0 Å². The Labute approximate surface area is 86.4 Å². The van der Waals surface area contributed by atoms with Gasteiger partial charge < -0.3 is 0 Å². The van der Waals surface area contributed by atoms with Crippen molar-refractivity contribution < 1.29 is 0 Å². The summed E-state index contributed by atoms with van der Waals surface area (Å²) < 4.78 is 0. The molecule has 0 spiro atoms. The molecule has 1 aliphatic carbocycles. The molecule has 78 valence electrons. The minimum atomic E-state index is 0.515. The van der Waals surface area contributed by atoms with Crippen molar-refractivity contribution in [3.63, 3.8) is 0 Å². The van der Waals surface area contributed by atoms with E-state index in [4.69, 9.17) is 0 Å². The molecule has 0 saturated heterocycles. The van der Waals surface area contributed by atoms with Crippen molar-refractivity contribution in [2.75, 3.05) is 6.54 Å². The molecule has 0 aromatic rings. The monoisotopic (exact) mass is 193 g/mol. The molecule has 1 aliphatic rings. The van der Waals surface area contributed by atoms with E-state index < -0.39 is 0 Å². The quantitative estimate of drug-likeness (QED) is 0.487. The van der Waals surface area contributed by atoms with Gasteiger partial charge in [-0.15, -0.1) is 11.8 Å². The lowest BCUT2D eigenvalue weighted by atomic mass is 9.95. The SMILES string of the molecule is O=NCC1CCCCC#CCCCC1. The third kappa shape index (κ3) is 5.01. The first kappa shape index (κ1) is 11.2. The number of nitroso groups, excluding NO2 is 1. The molecule has 0 atom stereocenters. The maximum atomic E-state index is 10.2. The van der Waals surface area contributed by atoms with Crippen molar-refractivity contribution in [2.24, 2.45) is 11.1 Å². The third-order valence-corrected chi connectivity index (χ3v) is 2.79. The van der Waals surface area contributed by atoms with Crippen LogP contribution in [0.2, 0.25) is 0 Å². The molecule has 2 heteroatoms. The fourth-order valence-corrected chi connectivity index (χ4v) is 1.90. The zero-order valence-corrected chi connectivity index (χ0v) is 8.80. The van der Waals surface area contributed by atoms with Crippen molar-refractivity contribution >= 4 is 0 Å². The fourth-order valence-electron chi connectivity index (χ4n) is 1.90. The summed E-state index contributed by atoms with van der Waals surface area (Å²) >= 11 is 0. The Hall–Kier alpha value is -0.840. The summed E-state index contributed by atoms with van der Waals surface area (Å²) in [4.78, 5) is 10.2. The van der Waals surface area contributed by atoms with Crippen molar-refractivity contribution in [1.82, 2.24) is 0 Å². The predicted molar refractivity (Wildman–Crippen MR) is 58.9 cm³/mol. The molecule has 0 bridgehead atoms. The molecule has 1 rings (SSSR count). The Balaban J connectivity index is 2.30. The Morgan fingerprint density at radius 1 is 1.00 bits per heavy atom. The second kappa shape index (κ2) is 7.55. The van der Waals surface area contributed by atoms with Gasteiger partial charge in [-0.2, -0.15) is 4.91 Å². The molecule has 0 aliphatic heterocycles. The van der Waals surface area contributed by atoms with Gasteiger partial charge in [-0.1, -0.05) is 18.0 Å². The van der Waals surface area contributed by atoms with Gasteiger partial charge in [0.1, 0.15) is 0 Å². The van der Waals surface area contributed by atoms with Crippen LogP contribution in [0.1, 0.15) is 51.4 Å². The number of hydrogen-bond donors (Lipinski definition) is 0. The second-order valence-electron chi connectivity index (χ2n) is 4.02. The summed E-state index contributed by atoms with van der Waals surface area (Å²) in [5.41, 5.74) is 0. The highest BCUT2D eigenvalue weighted by Gasteiger charge is 2.08. The summed E-state index contributed by atoms with van der Waals surface area (Å²) in [7, 11) is 0. The van der Waals surface area contributed by atoms with Crippen molar-refractivity contribution in [3.8, 4) is 11.8 Å². The third-order valence-electron chi connectivity index (χ3n) is 2.79. The molecule has 0 heterocycles. The molecule has 2 nitrogen and oxygen atoms in total. The van der Waals surface area contributed by atoms with E-state index in [0.29, 0.717) is 12.5 Å². The highest BCUT2D eigenvalue weighted by molar-refractivity contribution is 4.98. The van der Waals surface area contributed by atoms with Crippen LogP contribution >= 0.6 is 0 Å². The first-order valence-corrected chi connectivity index (χ1v) is 5.68. The minimum Gasteiger partial charge on any atom is -0.151 e. The van der Waals surface area contributed by atoms with Gasteiger partial charge >= 0.3 is 0 Å².